The molecule has 0 amide bonds. The summed E-state index contributed by atoms with van der Waals surface area (Å²) in [5.41, 5.74) is 4.44. The van der Waals surface area contributed by atoms with Gasteiger partial charge in [-0.15, -0.1) is 0 Å². The monoisotopic (exact) mass is 255 g/mol. The number of hydrogen-bond acceptors (Lipinski definition) is 1. The van der Waals surface area contributed by atoms with Gasteiger partial charge in [-0.3, -0.25) is 0 Å². The molecule has 2 aromatic carbocycles. The first-order valence-corrected chi connectivity index (χ1v) is 6.90. The topological polar surface area (TPSA) is 12.0 Å². The van der Waals surface area contributed by atoms with Crippen molar-refractivity contribution in [2.75, 3.05) is 5.32 Å². The fraction of sp³-hybridized carbons (Fsp3) is 0.294. The smallest absolute Gasteiger partial charge is 0.126 e. The molecule has 1 N–H and O–H groups in total. The molecule has 0 saturated heterocycles. The van der Waals surface area contributed by atoms with E-state index in [-0.39, 0.29) is 11.9 Å². The molecule has 0 heterocycles. The number of rotatable bonds is 3. The Bertz CT molecular complexity index is 592. The first kappa shape index (κ1) is 12.2. The highest BCUT2D eigenvalue weighted by Crippen LogP contribution is 2.35. The van der Waals surface area contributed by atoms with Gasteiger partial charge >= 0.3 is 0 Å². The number of halogens is 1. The quantitative estimate of drug-likeness (QED) is 0.852. The van der Waals surface area contributed by atoms with E-state index in [0.29, 0.717) is 0 Å². The van der Waals surface area contributed by atoms with Gasteiger partial charge < -0.3 is 5.32 Å². The van der Waals surface area contributed by atoms with E-state index in [2.05, 4.69) is 36.5 Å². The van der Waals surface area contributed by atoms with E-state index < -0.39 is 0 Å². The van der Waals surface area contributed by atoms with E-state index in [9.17, 15) is 4.39 Å². The van der Waals surface area contributed by atoms with Crippen LogP contribution in [0.1, 0.15) is 36.1 Å². The Morgan fingerprint density at radius 2 is 2.05 bits per heavy atom. The van der Waals surface area contributed by atoms with Gasteiger partial charge in [0.1, 0.15) is 5.82 Å². The van der Waals surface area contributed by atoms with Crippen LogP contribution < -0.4 is 5.32 Å². The molecule has 98 valence electrons. The summed E-state index contributed by atoms with van der Waals surface area (Å²) in [4.78, 5) is 0. The molecule has 1 atom stereocenters. The van der Waals surface area contributed by atoms with Crippen molar-refractivity contribution in [3.8, 4) is 0 Å². The summed E-state index contributed by atoms with van der Waals surface area (Å²) in [6, 6.07) is 14.1. The van der Waals surface area contributed by atoms with Crippen molar-refractivity contribution in [2.45, 2.75) is 32.2 Å². The summed E-state index contributed by atoms with van der Waals surface area (Å²) >= 11 is 0. The van der Waals surface area contributed by atoms with Crippen molar-refractivity contribution in [2.24, 2.45) is 0 Å². The Balaban J connectivity index is 1.84. The molecule has 0 spiro atoms. The van der Waals surface area contributed by atoms with E-state index >= 15 is 0 Å². The average Bonchev–Trinajstić information content (AvgIpc) is 2.84. The number of anilines is 1. The Labute approximate surface area is 113 Å². The summed E-state index contributed by atoms with van der Waals surface area (Å²) in [5, 5.41) is 3.53. The Hall–Kier alpha value is -1.83. The highest BCUT2D eigenvalue weighted by atomic mass is 19.1. The summed E-state index contributed by atoms with van der Waals surface area (Å²) in [6.07, 6.45) is 2.82. The molecule has 0 aromatic heterocycles. The minimum atomic E-state index is -0.0656. The van der Waals surface area contributed by atoms with Crippen molar-refractivity contribution < 1.29 is 4.39 Å². The van der Waals surface area contributed by atoms with Gasteiger partial charge in [-0.2, -0.15) is 0 Å². The van der Waals surface area contributed by atoms with Crippen LogP contribution in [0.15, 0.2) is 42.5 Å². The zero-order chi connectivity index (χ0) is 13.2. The number of fused-ring (bicyclic) bond motifs is 1. The average molecular weight is 255 g/mol. The van der Waals surface area contributed by atoms with Crippen LogP contribution >= 0.6 is 0 Å². The van der Waals surface area contributed by atoms with Gasteiger partial charge in [-0.1, -0.05) is 31.2 Å². The minimum absolute atomic E-state index is 0.0656. The maximum absolute atomic E-state index is 13.7. The standard InChI is InChI=1S/C17H18FN/c1-2-12-5-3-6-13(11-12)19-17-10-9-14-15(17)7-4-8-16(14)18/h3-8,11,17,19H,2,9-10H2,1H3. The Kier molecular flexibility index (Phi) is 3.24. The normalized spacial score (nSPS) is 17.3. The van der Waals surface area contributed by atoms with E-state index in [1.54, 1.807) is 12.1 Å². The van der Waals surface area contributed by atoms with Gasteiger partial charge in [-0.25, -0.2) is 4.39 Å². The zero-order valence-electron chi connectivity index (χ0n) is 11.1. The summed E-state index contributed by atoms with van der Waals surface area (Å²) in [5.74, 6) is -0.0656. The molecule has 0 fully saturated rings. The molecule has 1 aliphatic carbocycles. The van der Waals surface area contributed by atoms with Crippen LogP contribution in [0.3, 0.4) is 0 Å². The largest absolute Gasteiger partial charge is 0.378 e. The van der Waals surface area contributed by atoms with Gasteiger partial charge in [0, 0.05) is 5.69 Å². The van der Waals surface area contributed by atoms with Gasteiger partial charge in [0.2, 0.25) is 0 Å². The lowest BCUT2D eigenvalue weighted by Gasteiger charge is -2.16. The number of nitrogens with one attached hydrogen (secondary N) is 1. The number of hydrogen-bond donors (Lipinski definition) is 1. The van der Waals surface area contributed by atoms with Crippen molar-refractivity contribution in [3.05, 3.63) is 65.0 Å². The predicted molar refractivity (Wildman–Crippen MR) is 76.9 cm³/mol. The maximum atomic E-state index is 13.7. The number of aryl methyl sites for hydroxylation is 1. The molecule has 1 nitrogen and oxygen atoms in total. The molecule has 2 heteroatoms. The van der Waals surface area contributed by atoms with E-state index in [0.717, 1.165) is 36.1 Å². The zero-order valence-corrected chi connectivity index (χ0v) is 11.1. The lowest BCUT2D eigenvalue weighted by Crippen LogP contribution is -2.07. The molecule has 0 bridgehead atoms. The van der Waals surface area contributed by atoms with Gasteiger partial charge in [-0.05, 0) is 54.2 Å². The van der Waals surface area contributed by atoms with Gasteiger partial charge in [0.15, 0.2) is 0 Å². The summed E-state index contributed by atoms with van der Waals surface area (Å²) in [6.45, 7) is 2.15. The van der Waals surface area contributed by atoms with Crippen LogP contribution in [0.4, 0.5) is 10.1 Å². The highest BCUT2D eigenvalue weighted by molar-refractivity contribution is 5.50. The molecule has 0 aliphatic heterocycles. The first-order chi connectivity index (χ1) is 9.28. The fourth-order valence-electron chi connectivity index (χ4n) is 2.84. The summed E-state index contributed by atoms with van der Waals surface area (Å²) < 4.78 is 13.7. The highest BCUT2D eigenvalue weighted by Gasteiger charge is 2.24. The lowest BCUT2D eigenvalue weighted by atomic mass is 10.1. The predicted octanol–water partition coefficient (Wildman–Crippen LogP) is 4.49. The van der Waals surface area contributed by atoms with Crippen LogP contribution in [0.2, 0.25) is 0 Å². The second-order valence-corrected chi connectivity index (χ2v) is 5.10. The molecule has 1 aliphatic rings. The van der Waals surface area contributed by atoms with Crippen molar-refractivity contribution in [1.29, 1.82) is 0 Å². The van der Waals surface area contributed by atoms with Crippen LogP contribution in [0.5, 0.6) is 0 Å². The van der Waals surface area contributed by atoms with Crippen molar-refractivity contribution >= 4 is 5.69 Å². The number of benzene rings is 2. The molecule has 2 aromatic rings. The molecular weight excluding hydrogens is 237 g/mol. The third kappa shape index (κ3) is 2.35. The van der Waals surface area contributed by atoms with Gasteiger partial charge in [0.25, 0.3) is 0 Å². The Morgan fingerprint density at radius 1 is 1.21 bits per heavy atom. The molecule has 1 unspecified atom stereocenters. The van der Waals surface area contributed by atoms with Gasteiger partial charge in [0.05, 0.1) is 6.04 Å². The second kappa shape index (κ2) is 5.04. The maximum Gasteiger partial charge on any atom is 0.126 e. The second-order valence-electron chi connectivity index (χ2n) is 5.10. The van der Waals surface area contributed by atoms with Crippen molar-refractivity contribution in [3.63, 3.8) is 0 Å². The third-order valence-electron chi connectivity index (χ3n) is 3.89. The molecule has 0 saturated carbocycles. The van der Waals surface area contributed by atoms with E-state index in [1.807, 2.05) is 6.07 Å². The molecular formula is C17H18FN. The SMILES string of the molecule is CCc1cccc(NC2CCc3c(F)cccc32)c1. The van der Waals surface area contributed by atoms with Crippen LogP contribution in [-0.2, 0) is 12.8 Å². The van der Waals surface area contributed by atoms with Crippen LogP contribution in [0.25, 0.3) is 0 Å². The summed E-state index contributed by atoms with van der Waals surface area (Å²) in [7, 11) is 0. The third-order valence-corrected chi connectivity index (χ3v) is 3.89. The van der Waals surface area contributed by atoms with E-state index in [1.165, 1.54) is 5.56 Å². The molecule has 19 heavy (non-hydrogen) atoms. The van der Waals surface area contributed by atoms with E-state index in [4.69, 9.17) is 0 Å². The van der Waals surface area contributed by atoms with Crippen LogP contribution in [0, 0.1) is 5.82 Å². The first-order valence-electron chi connectivity index (χ1n) is 6.90. The lowest BCUT2D eigenvalue weighted by molar-refractivity contribution is 0.612. The minimum Gasteiger partial charge on any atom is -0.378 e. The molecule has 3 rings (SSSR count). The van der Waals surface area contributed by atoms with Crippen molar-refractivity contribution in [1.82, 2.24) is 0 Å². The molecule has 0 radical (unpaired) electrons. The Morgan fingerprint density at radius 3 is 2.89 bits per heavy atom. The fourth-order valence-corrected chi connectivity index (χ4v) is 2.84. The van der Waals surface area contributed by atoms with Crippen LogP contribution in [-0.4, -0.2) is 0 Å².